The van der Waals surface area contributed by atoms with Gasteiger partial charge in [0.05, 0.1) is 4.90 Å². The Balaban J connectivity index is 2.17. The van der Waals surface area contributed by atoms with Gasteiger partial charge in [0.15, 0.2) is 0 Å². The maximum Gasteiger partial charge on any atom is 0.240 e. The summed E-state index contributed by atoms with van der Waals surface area (Å²) >= 11 is 1.52. The third-order valence-corrected chi connectivity index (χ3v) is 4.99. The third-order valence-electron chi connectivity index (χ3n) is 2.71. The van der Waals surface area contributed by atoms with Gasteiger partial charge >= 0.3 is 0 Å². The summed E-state index contributed by atoms with van der Waals surface area (Å²) in [5, 5.41) is 1.92. The first kappa shape index (κ1) is 14.2. The van der Waals surface area contributed by atoms with Crippen LogP contribution in [0.25, 0.3) is 0 Å². The fourth-order valence-corrected chi connectivity index (χ4v) is 3.42. The van der Waals surface area contributed by atoms with Gasteiger partial charge in [-0.25, -0.2) is 13.1 Å². The first-order valence-corrected chi connectivity index (χ1v) is 8.23. The monoisotopic (exact) mass is 296 g/mol. The smallest absolute Gasteiger partial charge is 0.240 e. The summed E-state index contributed by atoms with van der Waals surface area (Å²) in [6, 6.07) is 10.3. The van der Waals surface area contributed by atoms with Gasteiger partial charge in [-0.1, -0.05) is 18.2 Å². The molecule has 102 valence electrons. The average molecular weight is 296 g/mol. The van der Waals surface area contributed by atoms with Crippen molar-refractivity contribution in [1.82, 2.24) is 4.72 Å². The van der Waals surface area contributed by atoms with E-state index >= 15 is 0 Å². The van der Waals surface area contributed by atoms with Crippen molar-refractivity contribution in [2.75, 3.05) is 0 Å². The Hall–Kier alpha value is -1.21. The molecule has 1 aromatic carbocycles. The molecule has 4 nitrogen and oxygen atoms in total. The van der Waals surface area contributed by atoms with Crippen LogP contribution in [0.1, 0.15) is 23.4 Å². The van der Waals surface area contributed by atoms with Crippen LogP contribution in [0.2, 0.25) is 0 Å². The Kier molecular flexibility index (Phi) is 4.36. The summed E-state index contributed by atoms with van der Waals surface area (Å²) in [7, 11) is -3.49. The molecule has 2 aromatic rings. The highest BCUT2D eigenvalue weighted by Crippen LogP contribution is 2.16. The van der Waals surface area contributed by atoms with Gasteiger partial charge in [-0.3, -0.25) is 0 Å². The predicted molar refractivity (Wildman–Crippen MR) is 77.4 cm³/mol. The fraction of sp³-hybridized carbons (Fsp3) is 0.231. The zero-order valence-corrected chi connectivity index (χ0v) is 12.2. The molecule has 0 bridgehead atoms. The number of nitrogens with two attached hydrogens (primary N) is 1. The third kappa shape index (κ3) is 3.63. The molecule has 0 aliphatic rings. The Morgan fingerprint density at radius 3 is 2.74 bits per heavy atom. The first-order valence-electron chi connectivity index (χ1n) is 5.86. The molecule has 0 spiro atoms. The van der Waals surface area contributed by atoms with Gasteiger partial charge < -0.3 is 5.73 Å². The summed E-state index contributed by atoms with van der Waals surface area (Å²) in [4.78, 5) is 1.23. The van der Waals surface area contributed by atoms with Crippen LogP contribution in [0.3, 0.4) is 0 Å². The SMILES string of the molecule is CC(N)c1cccc(S(=O)(=O)NCc2cccs2)c1. The van der Waals surface area contributed by atoms with Gasteiger partial charge in [0, 0.05) is 17.5 Å². The van der Waals surface area contributed by atoms with Gasteiger partial charge in [-0.05, 0) is 36.1 Å². The molecule has 0 saturated heterocycles. The lowest BCUT2D eigenvalue weighted by Crippen LogP contribution is -2.23. The highest BCUT2D eigenvalue weighted by Gasteiger charge is 2.15. The second-order valence-electron chi connectivity index (χ2n) is 4.27. The molecule has 1 heterocycles. The van der Waals surface area contributed by atoms with Gasteiger partial charge in [-0.2, -0.15) is 0 Å². The lowest BCUT2D eigenvalue weighted by atomic mass is 10.1. The predicted octanol–water partition coefficient (Wildman–Crippen LogP) is 2.25. The summed E-state index contributed by atoms with van der Waals surface area (Å²) in [5.41, 5.74) is 6.57. The lowest BCUT2D eigenvalue weighted by Gasteiger charge is -2.09. The van der Waals surface area contributed by atoms with Crippen LogP contribution in [0.15, 0.2) is 46.7 Å². The van der Waals surface area contributed by atoms with E-state index in [1.807, 2.05) is 30.5 Å². The van der Waals surface area contributed by atoms with Crippen molar-refractivity contribution in [3.8, 4) is 0 Å². The van der Waals surface area contributed by atoms with E-state index in [0.29, 0.717) is 6.54 Å². The van der Waals surface area contributed by atoms with E-state index in [0.717, 1.165) is 10.4 Å². The second kappa shape index (κ2) is 5.83. The van der Waals surface area contributed by atoms with Crippen molar-refractivity contribution in [2.24, 2.45) is 5.73 Å². The topological polar surface area (TPSA) is 72.2 Å². The number of nitrogens with one attached hydrogen (secondary N) is 1. The molecule has 6 heteroatoms. The molecule has 0 saturated carbocycles. The van der Waals surface area contributed by atoms with Crippen molar-refractivity contribution >= 4 is 21.4 Å². The summed E-state index contributed by atoms with van der Waals surface area (Å²) in [6.07, 6.45) is 0. The highest BCUT2D eigenvalue weighted by molar-refractivity contribution is 7.89. The van der Waals surface area contributed by atoms with Gasteiger partial charge in [0.1, 0.15) is 0 Å². The van der Waals surface area contributed by atoms with Gasteiger partial charge in [-0.15, -0.1) is 11.3 Å². The molecule has 0 fully saturated rings. The van der Waals surface area contributed by atoms with Crippen molar-refractivity contribution < 1.29 is 8.42 Å². The molecule has 19 heavy (non-hydrogen) atoms. The van der Waals surface area contributed by atoms with E-state index in [4.69, 9.17) is 5.73 Å². The summed E-state index contributed by atoms with van der Waals surface area (Å²) < 4.78 is 26.9. The fourth-order valence-electron chi connectivity index (χ4n) is 1.63. The molecule has 0 aliphatic carbocycles. The van der Waals surface area contributed by atoms with E-state index in [-0.39, 0.29) is 10.9 Å². The van der Waals surface area contributed by atoms with Crippen LogP contribution in [0.5, 0.6) is 0 Å². The van der Waals surface area contributed by atoms with Crippen LogP contribution in [-0.2, 0) is 16.6 Å². The maximum atomic E-state index is 12.2. The van der Waals surface area contributed by atoms with Gasteiger partial charge in [0.2, 0.25) is 10.0 Å². The minimum atomic E-state index is -3.49. The minimum Gasteiger partial charge on any atom is -0.324 e. The van der Waals surface area contributed by atoms with Crippen molar-refractivity contribution in [1.29, 1.82) is 0 Å². The molecular formula is C13H16N2O2S2. The normalized spacial score (nSPS) is 13.4. The number of benzene rings is 1. The first-order chi connectivity index (χ1) is 8.99. The minimum absolute atomic E-state index is 0.188. The van der Waals surface area contributed by atoms with Crippen molar-refractivity contribution in [3.63, 3.8) is 0 Å². The Labute approximate surface area is 117 Å². The average Bonchev–Trinajstić information content (AvgIpc) is 2.90. The Morgan fingerprint density at radius 1 is 1.32 bits per heavy atom. The molecular weight excluding hydrogens is 280 g/mol. The van der Waals surface area contributed by atoms with Crippen LogP contribution >= 0.6 is 11.3 Å². The van der Waals surface area contributed by atoms with Crippen LogP contribution < -0.4 is 10.5 Å². The zero-order chi connectivity index (χ0) is 13.9. The molecule has 0 amide bonds. The van der Waals surface area contributed by atoms with E-state index in [9.17, 15) is 8.42 Å². The van der Waals surface area contributed by atoms with Crippen LogP contribution in [-0.4, -0.2) is 8.42 Å². The van der Waals surface area contributed by atoms with E-state index in [2.05, 4.69) is 4.72 Å². The number of hydrogen-bond donors (Lipinski definition) is 2. The molecule has 3 N–H and O–H groups in total. The molecule has 1 unspecified atom stereocenters. The molecule has 0 aliphatic heterocycles. The maximum absolute atomic E-state index is 12.2. The summed E-state index contributed by atoms with van der Waals surface area (Å²) in [6.45, 7) is 2.13. The quantitative estimate of drug-likeness (QED) is 0.889. The van der Waals surface area contributed by atoms with Crippen molar-refractivity contribution in [3.05, 3.63) is 52.2 Å². The number of thiophene rings is 1. The number of sulfonamides is 1. The molecule has 1 aromatic heterocycles. The lowest BCUT2D eigenvalue weighted by molar-refractivity contribution is 0.581. The van der Waals surface area contributed by atoms with Crippen LogP contribution in [0.4, 0.5) is 0 Å². The van der Waals surface area contributed by atoms with E-state index in [1.54, 1.807) is 18.2 Å². The van der Waals surface area contributed by atoms with E-state index < -0.39 is 10.0 Å². The Morgan fingerprint density at radius 2 is 2.11 bits per heavy atom. The van der Waals surface area contributed by atoms with Crippen LogP contribution in [0, 0.1) is 0 Å². The standard InChI is InChI=1S/C13H16N2O2S2/c1-10(14)11-4-2-6-13(8-11)19(16,17)15-9-12-5-3-7-18-12/h2-8,10,15H,9,14H2,1H3. The second-order valence-corrected chi connectivity index (χ2v) is 7.06. The van der Waals surface area contributed by atoms with Gasteiger partial charge in [0.25, 0.3) is 0 Å². The van der Waals surface area contributed by atoms with Crippen molar-refractivity contribution in [2.45, 2.75) is 24.4 Å². The molecule has 1 atom stereocenters. The highest BCUT2D eigenvalue weighted by atomic mass is 32.2. The molecule has 2 rings (SSSR count). The summed E-state index contributed by atoms with van der Waals surface area (Å²) in [5.74, 6) is 0. The molecule has 0 radical (unpaired) electrons. The zero-order valence-electron chi connectivity index (χ0n) is 10.5. The number of rotatable bonds is 5. The largest absolute Gasteiger partial charge is 0.324 e. The Bertz CT molecular complexity index is 634. The number of hydrogen-bond acceptors (Lipinski definition) is 4. The van der Waals surface area contributed by atoms with E-state index in [1.165, 1.54) is 11.3 Å².